The van der Waals surface area contributed by atoms with Gasteiger partial charge < -0.3 is 47.4 Å². The normalized spacial score (nSPS) is 10.7. The van der Waals surface area contributed by atoms with Gasteiger partial charge in [-0.25, -0.2) is 19.2 Å². The van der Waals surface area contributed by atoms with Crippen molar-refractivity contribution >= 4 is 35.8 Å². The van der Waals surface area contributed by atoms with Crippen molar-refractivity contribution in [3.63, 3.8) is 0 Å². The topological polar surface area (TPSA) is 195 Å². The molecular weight excluding hydrogens is 1050 g/mol. The Bertz CT molecular complexity index is 2920. The SMILES string of the molecule is O=C(CCC(=O)OC(COC(=O)c1ccccc1OCc1ccccc1)COC(=O)c1ccccc1OCc1ccccc1)OC(COC(=O)c1ccccc1OCc1ccccc1)COC(=O)c1ccccc1OCc1ccccc1. The van der Waals surface area contributed by atoms with E-state index in [1.165, 1.54) is 24.3 Å². The van der Waals surface area contributed by atoms with Crippen molar-refractivity contribution in [2.75, 3.05) is 26.4 Å². The van der Waals surface area contributed by atoms with Gasteiger partial charge in [0.25, 0.3) is 0 Å². The Hall–Kier alpha value is -10.2. The largest absolute Gasteiger partial charge is 0.488 e. The Kier molecular flexibility index (Phi) is 21.8. The second-order valence-electron chi connectivity index (χ2n) is 18.2. The fourth-order valence-electron chi connectivity index (χ4n) is 7.90. The number of hydrogen-bond acceptors (Lipinski definition) is 16. The van der Waals surface area contributed by atoms with Crippen molar-refractivity contribution in [3.8, 4) is 23.0 Å². The molecule has 0 aromatic heterocycles. The first kappa shape index (κ1) is 57.9. The van der Waals surface area contributed by atoms with Crippen molar-refractivity contribution in [1.82, 2.24) is 0 Å². The lowest BCUT2D eigenvalue weighted by atomic mass is 10.2. The van der Waals surface area contributed by atoms with E-state index in [1.807, 2.05) is 121 Å². The van der Waals surface area contributed by atoms with Crippen molar-refractivity contribution in [2.45, 2.75) is 51.5 Å². The molecule has 0 unspecified atom stereocenters. The van der Waals surface area contributed by atoms with E-state index in [-0.39, 0.29) is 71.7 Å². The van der Waals surface area contributed by atoms with Gasteiger partial charge in [0.2, 0.25) is 0 Å². The van der Waals surface area contributed by atoms with E-state index in [0.29, 0.717) is 0 Å². The van der Waals surface area contributed by atoms with Crippen LogP contribution in [0, 0.1) is 0 Å². The van der Waals surface area contributed by atoms with Gasteiger partial charge in [-0.3, -0.25) is 9.59 Å². The van der Waals surface area contributed by atoms with Crippen LogP contribution in [0.3, 0.4) is 0 Å². The monoisotopic (exact) mass is 1110 g/mol. The third-order valence-corrected chi connectivity index (χ3v) is 12.1. The molecule has 8 rings (SSSR count). The smallest absolute Gasteiger partial charge is 0.342 e. The average Bonchev–Trinajstić information content (AvgIpc) is 3.61. The third kappa shape index (κ3) is 18.2. The van der Waals surface area contributed by atoms with E-state index in [9.17, 15) is 28.8 Å². The van der Waals surface area contributed by atoms with Crippen molar-refractivity contribution < 1.29 is 76.1 Å². The quantitative estimate of drug-likeness (QED) is 0.0317. The predicted octanol–water partition coefficient (Wildman–Crippen LogP) is 11.3. The van der Waals surface area contributed by atoms with E-state index in [2.05, 4.69) is 0 Å². The maximum atomic E-state index is 13.6. The minimum absolute atomic E-state index is 0.0832. The van der Waals surface area contributed by atoms with Gasteiger partial charge in [-0.15, -0.1) is 0 Å². The molecule has 0 aliphatic heterocycles. The molecule has 0 aliphatic rings. The van der Waals surface area contributed by atoms with E-state index >= 15 is 0 Å². The van der Waals surface area contributed by atoms with Crippen LogP contribution in [0.4, 0.5) is 0 Å². The summed E-state index contributed by atoms with van der Waals surface area (Å²) in [4.78, 5) is 81.7. The molecule has 16 nitrogen and oxygen atoms in total. The van der Waals surface area contributed by atoms with Crippen LogP contribution >= 0.6 is 0 Å². The molecule has 8 aromatic rings. The number of carbonyl (C=O) groups is 6. The Morgan fingerprint density at radius 2 is 0.476 bits per heavy atom. The number of esters is 6. The maximum Gasteiger partial charge on any atom is 0.342 e. The first-order valence-electron chi connectivity index (χ1n) is 26.3. The van der Waals surface area contributed by atoms with Crippen LogP contribution in [0.1, 0.15) is 76.5 Å². The van der Waals surface area contributed by atoms with E-state index < -0.39 is 87.3 Å². The molecule has 0 spiro atoms. The van der Waals surface area contributed by atoms with Crippen molar-refractivity contribution in [3.05, 3.63) is 263 Å². The summed E-state index contributed by atoms with van der Waals surface area (Å²) in [6.07, 6.45) is -3.91. The minimum Gasteiger partial charge on any atom is -0.488 e. The molecule has 418 valence electrons. The minimum atomic E-state index is -1.38. The van der Waals surface area contributed by atoms with Gasteiger partial charge in [0.15, 0.2) is 12.2 Å². The maximum absolute atomic E-state index is 13.6. The predicted molar refractivity (Wildman–Crippen MR) is 299 cm³/mol. The second kappa shape index (κ2) is 30.8. The van der Waals surface area contributed by atoms with Crippen LogP contribution in [0.5, 0.6) is 23.0 Å². The van der Waals surface area contributed by atoms with Gasteiger partial charge in [0.1, 0.15) is 98.1 Å². The molecule has 0 amide bonds. The van der Waals surface area contributed by atoms with Crippen LogP contribution in [0.2, 0.25) is 0 Å². The van der Waals surface area contributed by atoms with Crippen LogP contribution in [0.25, 0.3) is 0 Å². The van der Waals surface area contributed by atoms with Crippen molar-refractivity contribution in [1.29, 1.82) is 0 Å². The third-order valence-electron chi connectivity index (χ3n) is 12.1. The number of carbonyl (C=O) groups excluding carboxylic acids is 6. The second-order valence-corrected chi connectivity index (χ2v) is 18.2. The highest BCUT2D eigenvalue weighted by molar-refractivity contribution is 5.94. The molecule has 0 saturated heterocycles. The molecule has 0 N–H and O–H groups in total. The molecule has 0 saturated carbocycles. The van der Waals surface area contributed by atoms with E-state index in [1.54, 1.807) is 72.8 Å². The van der Waals surface area contributed by atoms with E-state index in [4.69, 9.17) is 47.4 Å². The average molecular weight is 1110 g/mol. The molecule has 0 aliphatic carbocycles. The Labute approximate surface area is 474 Å². The molecule has 8 aromatic carbocycles. The lowest BCUT2D eigenvalue weighted by Crippen LogP contribution is -2.32. The summed E-state index contributed by atoms with van der Waals surface area (Å²) in [7, 11) is 0. The molecule has 82 heavy (non-hydrogen) atoms. The van der Waals surface area contributed by atoms with Crippen LogP contribution in [0.15, 0.2) is 218 Å². The van der Waals surface area contributed by atoms with Gasteiger partial charge in [-0.1, -0.05) is 170 Å². The zero-order valence-corrected chi connectivity index (χ0v) is 44.5. The first-order valence-corrected chi connectivity index (χ1v) is 26.3. The molecule has 0 fully saturated rings. The fourth-order valence-corrected chi connectivity index (χ4v) is 7.90. The summed E-state index contributed by atoms with van der Waals surface area (Å²) >= 11 is 0. The summed E-state index contributed by atoms with van der Waals surface area (Å²) in [5.74, 6) is -4.25. The zero-order chi connectivity index (χ0) is 57.1. The van der Waals surface area contributed by atoms with Gasteiger partial charge in [-0.05, 0) is 70.8 Å². The van der Waals surface area contributed by atoms with Gasteiger partial charge in [0.05, 0.1) is 12.8 Å². The summed E-state index contributed by atoms with van der Waals surface area (Å²) in [5, 5.41) is 0. The van der Waals surface area contributed by atoms with Crippen LogP contribution in [-0.4, -0.2) is 74.5 Å². The standard InChI is InChI=1S/C66H58O16/c67-61(81-51(43-77-63(69)53-29-13-17-33-57(53)73-39-47-21-5-1-6-22-47)44-78-64(70)54-30-14-18-34-58(54)74-40-48-23-7-2-8-24-48)37-38-62(68)82-52(45-79-65(71)55-31-15-19-35-59(55)75-41-49-25-9-3-10-26-49)46-80-66(72)56-32-16-20-36-60(56)76-42-50-27-11-4-12-28-50/h1-36,51-52H,37-46H2. The highest BCUT2D eigenvalue weighted by Crippen LogP contribution is 2.25. The lowest BCUT2D eigenvalue weighted by molar-refractivity contribution is -0.160. The lowest BCUT2D eigenvalue weighted by Gasteiger charge is -2.20. The summed E-state index contributed by atoms with van der Waals surface area (Å²) in [6, 6.07) is 63.2. The molecule has 0 radical (unpaired) electrons. The number of benzene rings is 8. The number of ether oxygens (including phenoxy) is 10. The Balaban J connectivity index is 0.926. The Morgan fingerprint density at radius 1 is 0.268 bits per heavy atom. The molecule has 0 heterocycles. The zero-order valence-electron chi connectivity index (χ0n) is 44.5. The summed E-state index contributed by atoms with van der Waals surface area (Å²) < 4.78 is 57.8. The van der Waals surface area contributed by atoms with Crippen molar-refractivity contribution in [2.24, 2.45) is 0 Å². The van der Waals surface area contributed by atoms with E-state index in [0.717, 1.165) is 22.3 Å². The van der Waals surface area contributed by atoms with Crippen LogP contribution < -0.4 is 18.9 Å². The number of para-hydroxylation sites is 4. The summed E-state index contributed by atoms with van der Waals surface area (Å²) in [6.45, 7) is -1.68. The highest BCUT2D eigenvalue weighted by Gasteiger charge is 2.27. The molecular formula is C66H58O16. The Morgan fingerprint density at radius 3 is 0.707 bits per heavy atom. The number of hydrogen-bond donors (Lipinski definition) is 0. The fraction of sp³-hybridized carbons (Fsp3) is 0.182. The summed E-state index contributed by atoms with van der Waals surface area (Å²) in [5.41, 5.74) is 3.79. The van der Waals surface area contributed by atoms with Gasteiger partial charge >= 0.3 is 35.8 Å². The molecule has 16 heteroatoms. The van der Waals surface area contributed by atoms with Crippen LogP contribution in [-0.2, 0) is 64.4 Å². The number of rotatable bonds is 29. The first-order chi connectivity index (χ1) is 40.1. The molecule has 0 bridgehead atoms. The van der Waals surface area contributed by atoms with Gasteiger partial charge in [0, 0.05) is 0 Å². The molecule has 0 atom stereocenters. The highest BCUT2D eigenvalue weighted by atomic mass is 16.6. The van der Waals surface area contributed by atoms with Gasteiger partial charge in [-0.2, -0.15) is 0 Å².